The largest absolute Gasteiger partial charge is 0.412 e. The molecule has 2 heterocycles. The van der Waals surface area contributed by atoms with E-state index in [1.807, 2.05) is 12.1 Å². The van der Waals surface area contributed by atoms with E-state index in [-0.39, 0.29) is 22.8 Å². The van der Waals surface area contributed by atoms with Gasteiger partial charge < -0.3 is 13.6 Å². The highest BCUT2D eigenvalue weighted by Crippen LogP contribution is 2.42. The average molecular weight is 674 g/mol. The van der Waals surface area contributed by atoms with Gasteiger partial charge in [0.1, 0.15) is 12.3 Å². The Morgan fingerprint density at radius 1 is 1.02 bits per heavy atom. The molecular formula is C32H45BrN2O5Si2. The zero-order valence-corrected chi connectivity index (χ0v) is 29.4. The second-order valence-corrected chi connectivity index (χ2v) is 22.7. The maximum atomic E-state index is 13.0. The van der Waals surface area contributed by atoms with Crippen molar-refractivity contribution >= 4 is 42.9 Å². The highest BCUT2D eigenvalue weighted by atomic mass is 79.9. The molecule has 0 aliphatic carbocycles. The second kappa shape index (κ2) is 13.3. The molecule has 0 spiro atoms. The number of aryl methyl sites for hydroxylation is 1. The van der Waals surface area contributed by atoms with Crippen molar-refractivity contribution in [1.82, 2.24) is 9.55 Å². The molecule has 0 unspecified atom stereocenters. The Labute approximate surface area is 260 Å². The molecule has 0 radical (unpaired) electrons. The van der Waals surface area contributed by atoms with E-state index in [4.69, 9.17) is 13.6 Å². The van der Waals surface area contributed by atoms with E-state index in [1.165, 1.54) is 14.9 Å². The van der Waals surface area contributed by atoms with Crippen LogP contribution in [0.5, 0.6) is 0 Å². The van der Waals surface area contributed by atoms with Crippen molar-refractivity contribution in [1.29, 1.82) is 0 Å². The van der Waals surface area contributed by atoms with Crippen molar-refractivity contribution in [3.63, 3.8) is 0 Å². The molecule has 42 heavy (non-hydrogen) atoms. The van der Waals surface area contributed by atoms with E-state index in [2.05, 4.69) is 110 Å². The molecule has 0 bridgehead atoms. The Bertz CT molecular complexity index is 1390. The van der Waals surface area contributed by atoms with Gasteiger partial charge in [0, 0.05) is 23.5 Å². The smallest absolute Gasteiger partial charge is 0.330 e. The molecule has 1 saturated heterocycles. The summed E-state index contributed by atoms with van der Waals surface area (Å²) in [5, 5.41) is 3.00. The van der Waals surface area contributed by atoms with Crippen molar-refractivity contribution in [2.45, 2.75) is 96.2 Å². The lowest BCUT2D eigenvalue weighted by molar-refractivity contribution is -0.0767. The maximum Gasteiger partial charge on any atom is 0.330 e. The summed E-state index contributed by atoms with van der Waals surface area (Å²) in [6, 6.07) is 21.1. The van der Waals surface area contributed by atoms with Crippen LogP contribution in [0.2, 0.25) is 24.7 Å². The van der Waals surface area contributed by atoms with Crippen LogP contribution in [0, 0.1) is 6.92 Å². The van der Waals surface area contributed by atoms with E-state index in [1.54, 1.807) is 13.1 Å². The van der Waals surface area contributed by atoms with Gasteiger partial charge in [0.2, 0.25) is 0 Å². The minimum Gasteiger partial charge on any atom is -0.412 e. The van der Waals surface area contributed by atoms with Crippen LogP contribution in [0.3, 0.4) is 0 Å². The molecule has 1 N–H and O–H groups in total. The molecule has 10 heteroatoms. The monoisotopic (exact) mass is 672 g/mol. The lowest BCUT2D eigenvalue weighted by Crippen LogP contribution is -2.68. The van der Waals surface area contributed by atoms with Crippen molar-refractivity contribution in [2.24, 2.45) is 0 Å². The summed E-state index contributed by atoms with van der Waals surface area (Å²) in [5.41, 5.74) is -0.410. The zero-order valence-electron chi connectivity index (χ0n) is 25.9. The molecule has 1 aliphatic heterocycles. The number of rotatable bonds is 11. The number of hydrogen-bond donors (Lipinski definition) is 1. The number of H-pyrrole nitrogens is 1. The van der Waals surface area contributed by atoms with Gasteiger partial charge in [0.25, 0.3) is 13.9 Å². The molecule has 2 aromatic carbocycles. The first-order valence-corrected chi connectivity index (χ1v) is 21.2. The van der Waals surface area contributed by atoms with Crippen LogP contribution in [-0.4, -0.2) is 49.8 Å². The molecule has 1 fully saturated rings. The van der Waals surface area contributed by atoms with E-state index in [0.717, 1.165) is 18.2 Å². The zero-order chi connectivity index (χ0) is 30.7. The summed E-state index contributed by atoms with van der Waals surface area (Å²) < 4.78 is 22.7. The summed E-state index contributed by atoms with van der Waals surface area (Å²) in [6.07, 6.45) is 2.22. The molecule has 1 aromatic heterocycles. The van der Waals surface area contributed by atoms with Crippen LogP contribution in [0.25, 0.3) is 0 Å². The van der Waals surface area contributed by atoms with Gasteiger partial charge in [-0.3, -0.25) is 14.3 Å². The normalized spacial score (nSPS) is 20.5. The average Bonchev–Trinajstić information content (AvgIpc) is 3.34. The first-order chi connectivity index (χ1) is 19.8. The SMILES string of the molecule is Cc1cn([C@H]2C[C@H](O[Si](c3ccccc3)(c3ccccc3)C(C)(C)C)[C@@H]([C@H](CCCBr)O[Si](C)(C)C)O2)c(=O)[nH]c1=O. The van der Waals surface area contributed by atoms with Gasteiger partial charge in [-0.15, -0.1) is 0 Å². The van der Waals surface area contributed by atoms with Crippen molar-refractivity contribution in [2.75, 3.05) is 5.33 Å². The first kappa shape index (κ1) is 32.8. The maximum absolute atomic E-state index is 13.0. The summed E-state index contributed by atoms with van der Waals surface area (Å²) in [5.74, 6) is 0. The summed E-state index contributed by atoms with van der Waals surface area (Å²) in [7, 11) is -4.91. The van der Waals surface area contributed by atoms with Crippen LogP contribution >= 0.6 is 15.9 Å². The molecule has 7 nitrogen and oxygen atoms in total. The van der Waals surface area contributed by atoms with Gasteiger partial charge in [-0.05, 0) is 54.8 Å². The lowest BCUT2D eigenvalue weighted by atomic mass is 10.0. The van der Waals surface area contributed by atoms with Crippen LogP contribution in [-0.2, 0) is 13.6 Å². The number of alkyl halides is 1. The molecule has 0 saturated carbocycles. The van der Waals surface area contributed by atoms with Gasteiger partial charge in [-0.25, -0.2) is 4.79 Å². The fraction of sp³-hybridized carbons (Fsp3) is 0.500. The van der Waals surface area contributed by atoms with Gasteiger partial charge in [-0.2, -0.15) is 0 Å². The number of hydrogen-bond acceptors (Lipinski definition) is 5. The molecule has 4 rings (SSSR count). The third kappa shape index (κ3) is 7.17. The van der Waals surface area contributed by atoms with Gasteiger partial charge >= 0.3 is 5.69 Å². The molecule has 228 valence electrons. The molecule has 3 aromatic rings. The van der Waals surface area contributed by atoms with Crippen LogP contribution in [0.1, 0.15) is 51.8 Å². The highest BCUT2D eigenvalue weighted by molar-refractivity contribution is 9.09. The Hall–Kier alpha value is -2.09. The third-order valence-electron chi connectivity index (χ3n) is 7.81. The fourth-order valence-corrected chi connectivity index (χ4v) is 12.2. The highest BCUT2D eigenvalue weighted by Gasteiger charge is 2.55. The topological polar surface area (TPSA) is 82.6 Å². The number of nitrogens with zero attached hydrogens (tertiary/aromatic N) is 1. The number of benzene rings is 2. The summed E-state index contributed by atoms with van der Waals surface area (Å²) >= 11 is 3.60. The quantitative estimate of drug-likeness (QED) is 0.216. The van der Waals surface area contributed by atoms with E-state index < -0.39 is 34.7 Å². The van der Waals surface area contributed by atoms with Crippen LogP contribution in [0.15, 0.2) is 76.4 Å². The Morgan fingerprint density at radius 2 is 1.60 bits per heavy atom. The van der Waals surface area contributed by atoms with E-state index in [9.17, 15) is 9.59 Å². The second-order valence-electron chi connectivity index (χ2n) is 13.2. The van der Waals surface area contributed by atoms with E-state index >= 15 is 0 Å². The Balaban J connectivity index is 1.88. The summed E-state index contributed by atoms with van der Waals surface area (Å²) in [4.78, 5) is 27.6. The number of ether oxygens (including phenoxy) is 1. The third-order valence-corrected chi connectivity index (χ3v) is 14.4. The minimum absolute atomic E-state index is 0.206. The first-order valence-electron chi connectivity index (χ1n) is 14.8. The summed E-state index contributed by atoms with van der Waals surface area (Å²) in [6.45, 7) is 15.1. The van der Waals surface area contributed by atoms with Gasteiger partial charge in [-0.1, -0.05) is 97.4 Å². The number of nitrogens with one attached hydrogen (secondary N) is 1. The van der Waals surface area contributed by atoms with Gasteiger partial charge in [0.15, 0.2) is 8.32 Å². The van der Waals surface area contributed by atoms with Crippen LogP contribution < -0.4 is 21.6 Å². The van der Waals surface area contributed by atoms with Crippen molar-refractivity contribution < 1.29 is 13.6 Å². The fourth-order valence-electron chi connectivity index (χ4n) is 6.02. The molecule has 4 atom stereocenters. The van der Waals surface area contributed by atoms with E-state index in [0.29, 0.717) is 12.0 Å². The number of aromatic nitrogens is 2. The standard InChI is InChI=1S/C32H45BrN2O5Si2/c1-23-22-35(31(37)34-30(23)36)28-21-27(29(38-28)26(19-14-20-33)39-41(5,6)7)40-42(32(2,3)4,24-15-10-8-11-16-24)25-17-12-9-13-18-25/h8-13,15-18,22,26-29H,14,19-21H2,1-7H3,(H,34,36,37)/t26-,27-,28+,29+/m0/s1. The predicted molar refractivity (Wildman–Crippen MR) is 178 cm³/mol. The number of halogens is 1. The molecule has 1 aliphatic rings. The number of aromatic amines is 1. The minimum atomic E-state index is -2.93. The Morgan fingerprint density at radius 3 is 2.10 bits per heavy atom. The van der Waals surface area contributed by atoms with Crippen molar-refractivity contribution in [3.05, 3.63) is 93.3 Å². The predicted octanol–water partition coefficient (Wildman–Crippen LogP) is 5.47. The van der Waals surface area contributed by atoms with Crippen LogP contribution in [0.4, 0.5) is 0 Å². The van der Waals surface area contributed by atoms with Gasteiger partial charge in [0.05, 0.1) is 12.2 Å². The molecular weight excluding hydrogens is 628 g/mol. The molecule has 0 amide bonds. The Kier molecular flexibility index (Phi) is 10.4. The lowest BCUT2D eigenvalue weighted by Gasteiger charge is -2.46. The van der Waals surface area contributed by atoms with Crippen molar-refractivity contribution in [3.8, 4) is 0 Å².